The van der Waals surface area contributed by atoms with Crippen LogP contribution in [0.3, 0.4) is 0 Å². The third kappa shape index (κ3) is 2.44. The van der Waals surface area contributed by atoms with Gasteiger partial charge < -0.3 is 5.32 Å². The Balaban J connectivity index is 2.27. The highest BCUT2D eigenvalue weighted by atomic mass is 19.1. The van der Waals surface area contributed by atoms with Crippen molar-refractivity contribution in [3.63, 3.8) is 0 Å². The molecule has 1 unspecified atom stereocenters. The summed E-state index contributed by atoms with van der Waals surface area (Å²) in [5.74, 6) is 0.611. The van der Waals surface area contributed by atoms with E-state index in [0.717, 1.165) is 6.54 Å². The van der Waals surface area contributed by atoms with Gasteiger partial charge in [-0.15, -0.1) is 0 Å². The molecule has 0 spiro atoms. The lowest BCUT2D eigenvalue weighted by Gasteiger charge is -2.20. The molecule has 1 atom stereocenters. The average molecular weight is 159 g/mol. The summed E-state index contributed by atoms with van der Waals surface area (Å²) in [6.07, 6.45) is 5.04. The van der Waals surface area contributed by atoms with Crippen LogP contribution in [0.2, 0.25) is 0 Å². The highest BCUT2D eigenvalue weighted by Crippen LogP contribution is 2.27. The van der Waals surface area contributed by atoms with Gasteiger partial charge in [0.1, 0.15) is 6.67 Å². The molecule has 66 valence electrons. The van der Waals surface area contributed by atoms with Gasteiger partial charge in [0.2, 0.25) is 0 Å². The second kappa shape index (κ2) is 4.70. The first-order chi connectivity index (χ1) is 5.38. The molecule has 0 heterocycles. The Kier molecular flexibility index (Phi) is 3.84. The zero-order valence-electron chi connectivity index (χ0n) is 7.28. The van der Waals surface area contributed by atoms with Crippen LogP contribution < -0.4 is 5.32 Å². The van der Waals surface area contributed by atoms with Gasteiger partial charge in [0.25, 0.3) is 0 Å². The van der Waals surface area contributed by atoms with Gasteiger partial charge in [0.05, 0.1) is 0 Å². The van der Waals surface area contributed by atoms with Gasteiger partial charge in [-0.25, -0.2) is 4.39 Å². The van der Waals surface area contributed by atoms with Crippen LogP contribution in [-0.2, 0) is 0 Å². The van der Waals surface area contributed by atoms with E-state index in [1.54, 1.807) is 0 Å². The molecule has 1 nitrogen and oxygen atoms in total. The number of hydrogen-bond acceptors (Lipinski definition) is 1. The first-order valence-electron chi connectivity index (χ1n) is 4.67. The van der Waals surface area contributed by atoms with E-state index in [-0.39, 0.29) is 12.7 Å². The Morgan fingerprint density at radius 2 is 2.09 bits per heavy atom. The van der Waals surface area contributed by atoms with E-state index in [1.807, 2.05) is 6.92 Å². The van der Waals surface area contributed by atoms with Crippen LogP contribution in [0, 0.1) is 5.92 Å². The summed E-state index contributed by atoms with van der Waals surface area (Å²) in [6.45, 7) is 2.74. The van der Waals surface area contributed by atoms with Crippen LogP contribution in [0.25, 0.3) is 0 Å². The summed E-state index contributed by atoms with van der Waals surface area (Å²) >= 11 is 0. The van der Waals surface area contributed by atoms with Crippen molar-refractivity contribution in [2.45, 2.75) is 38.6 Å². The molecule has 11 heavy (non-hydrogen) atoms. The maximum atomic E-state index is 12.4. The van der Waals surface area contributed by atoms with E-state index in [9.17, 15) is 4.39 Å². The Hall–Kier alpha value is -0.110. The standard InChI is InChI=1S/C9H18FN/c1-2-11-9(7-10)8-5-3-4-6-8/h8-9,11H,2-7H2,1H3. The van der Waals surface area contributed by atoms with Gasteiger partial charge in [0, 0.05) is 6.04 Å². The molecule has 1 fully saturated rings. The molecule has 2 heteroatoms. The summed E-state index contributed by atoms with van der Waals surface area (Å²) in [6, 6.07) is 0.141. The van der Waals surface area contributed by atoms with Crippen molar-refractivity contribution in [3.05, 3.63) is 0 Å². The molecule has 0 aromatic carbocycles. The molecule has 0 radical (unpaired) electrons. The minimum absolute atomic E-state index is 0.141. The number of alkyl halides is 1. The minimum Gasteiger partial charge on any atom is -0.311 e. The fourth-order valence-electron chi connectivity index (χ4n) is 1.97. The van der Waals surface area contributed by atoms with E-state index in [1.165, 1.54) is 25.7 Å². The first-order valence-corrected chi connectivity index (χ1v) is 4.67. The van der Waals surface area contributed by atoms with Crippen molar-refractivity contribution in [2.24, 2.45) is 5.92 Å². The topological polar surface area (TPSA) is 12.0 Å². The van der Waals surface area contributed by atoms with Crippen molar-refractivity contribution in [2.75, 3.05) is 13.2 Å². The van der Waals surface area contributed by atoms with Crippen molar-refractivity contribution in [1.82, 2.24) is 5.32 Å². The van der Waals surface area contributed by atoms with Gasteiger partial charge in [-0.05, 0) is 25.3 Å². The first kappa shape index (κ1) is 8.98. The van der Waals surface area contributed by atoms with E-state index >= 15 is 0 Å². The average Bonchev–Trinajstić information content (AvgIpc) is 2.52. The highest BCUT2D eigenvalue weighted by Gasteiger charge is 2.23. The molecule has 1 saturated carbocycles. The Morgan fingerprint density at radius 1 is 1.45 bits per heavy atom. The molecule has 1 aliphatic rings. The predicted octanol–water partition coefficient (Wildman–Crippen LogP) is 2.12. The van der Waals surface area contributed by atoms with E-state index in [0.29, 0.717) is 5.92 Å². The van der Waals surface area contributed by atoms with E-state index < -0.39 is 0 Å². The van der Waals surface area contributed by atoms with Gasteiger partial charge >= 0.3 is 0 Å². The van der Waals surface area contributed by atoms with Gasteiger partial charge in [-0.1, -0.05) is 19.8 Å². The fourth-order valence-corrected chi connectivity index (χ4v) is 1.97. The third-order valence-corrected chi connectivity index (χ3v) is 2.60. The number of rotatable bonds is 4. The fraction of sp³-hybridized carbons (Fsp3) is 1.00. The molecular formula is C9H18FN. The zero-order chi connectivity index (χ0) is 8.10. The number of nitrogens with one attached hydrogen (secondary N) is 1. The molecular weight excluding hydrogens is 141 g/mol. The van der Waals surface area contributed by atoms with Crippen LogP contribution in [0.4, 0.5) is 4.39 Å². The van der Waals surface area contributed by atoms with Crippen LogP contribution in [-0.4, -0.2) is 19.3 Å². The Bertz CT molecular complexity index is 99.7. The van der Waals surface area contributed by atoms with Crippen molar-refractivity contribution >= 4 is 0 Å². The van der Waals surface area contributed by atoms with Crippen LogP contribution in [0.15, 0.2) is 0 Å². The van der Waals surface area contributed by atoms with E-state index in [2.05, 4.69) is 5.32 Å². The minimum atomic E-state index is -0.196. The molecule has 1 rings (SSSR count). The lowest BCUT2D eigenvalue weighted by molar-refractivity contribution is 0.290. The highest BCUT2D eigenvalue weighted by molar-refractivity contribution is 4.79. The molecule has 1 aliphatic carbocycles. The molecule has 1 N–H and O–H groups in total. The maximum absolute atomic E-state index is 12.4. The molecule has 0 amide bonds. The van der Waals surface area contributed by atoms with Gasteiger partial charge in [-0.2, -0.15) is 0 Å². The molecule has 0 aliphatic heterocycles. The van der Waals surface area contributed by atoms with Crippen molar-refractivity contribution in [1.29, 1.82) is 0 Å². The summed E-state index contributed by atoms with van der Waals surface area (Å²) in [7, 11) is 0. The molecule has 0 aromatic heterocycles. The summed E-state index contributed by atoms with van der Waals surface area (Å²) in [5.41, 5.74) is 0. The van der Waals surface area contributed by atoms with Gasteiger partial charge in [-0.3, -0.25) is 0 Å². The second-order valence-electron chi connectivity index (χ2n) is 3.36. The summed E-state index contributed by atoms with van der Waals surface area (Å²) in [5, 5.41) is 3.20. The number of hydrogen-bond donors (Lipinski definition) is 1. The molecule has 0 saturated heterocycles. The van der Waals surface area contributed by atoms with Crippen LogP contribution in [0.1, 0.15) is 32.6 Å². The Morgan fingerprint density at radius 3 is 2.55 bits per heavy atom. The van der Waals surface area contributed by atoms with Gasteiger partial charge in [0.15, 0.2) is 0 Å². The normalized spacial score (nSPS) is 22.4. The lowest BCUT2D eigenvalue weighted by Crippen LogP contribution is -2.36. The number of halogens is 1. The predicted molar refractivity (Wildman–Crippen MR) is 45.4 cm³/mol. The third-order valence-electron chi connectivity index (χ3n) is 2.60. The largest absolute Gasteiger partial charge is 0.311 e. The van der Waals surface area contributed by atoms with Crippen LogP contribution in [0.5, 0.6) is 0 Å². The van der Waals surface area contributed by atoms with E-state index in [4.69, 9.17) is 0 Å². The smallest absolute Gasteiger partial charge is 0.105 e. The lowest BCUT2D eigenvalue weighted by atomic mass is 9.99. The Labute approximate surface area is 68.4 Å². The van der Waals surface area contributed by atoms with Crippen molar-refractivity contribution in [3.8, 4) is 0 Å². The quantitative estimate of drug-likeness (QED) is 0.662. The van der Waals surface area contributed by atoms with Crippen LogP contribution >= 0.6 is 0 Å². The summed E-state index contributed by atoms with van der Waals surface area (Å²) in [4.78, 5) is 0. The van der Waals surface area contributed by atoms with Crippen molar-refractivity contribution < 1.29 is 4.39 Å². The SMILES string of the molecule is CCNC(CF)C1CCCC1. The monoisotopic (exact) mass is 159 g/mol. The molecule has 0 bridgehead atoms. The second-order valence-corrected chi connectivity index (χ2v) is 3.36. The molecule has 0 aromatic rings. The summed E-state index contributed by atoms with van der Waals surface area (Å²) < 4.78 is 12.4. The maximum Gasteiger partial charge on any atom is 0.105 e. The zero-order valence-corrected chi connectivity index (χ0v) is 7.28.